The third-order valence-electron chi connectivity index (χ3n) is 7.86. The van der Waals surface area contributed by atoms with E-state index in [-0.39, 0.29) is 11.5 Å². The highest BCUT2D eigenvalue weighted by atomic mass is 16.5. The van der Waals surface area contributed by atoms with E-state index in [0.717, 1.165) is 62.4 Å². The molecule has 2 aliphatic rings. The fourth-order valence-electron chi connectivity index (χ4n) is 5.41. The van der Waals surface area contributed by atoms with Crippen LogP contribution in [-0.2, 0) is 13.0 Å². The van der Waals surface area contributed by atoms with E-state index in [2.05, 4.69) is 50.9 Å². The molecule has 2 saturated heterocycles. The van der Waals surface area contributed by atoms with Gasteiger partial charge in [0.2, 0.25) is 5.95 Å². The first-order chi connectivity index (χ1) is 19.5. The number of carbonyl (C=O) groups excluding carboxylic acids is 1. The van der Waals surface area contributed by atoms with Gasteiger partial charge in [0.25, 0.3) is 11.5 Å². The first kappa shape index (κ1) is 27.7. The van der Waals surface area contributed by atoms with Crippen molar-refractivity contribution in [2.75, 3.05) is 69.3 Å². The Morgan fingerprint density at radius 3 is 2.23 bits per heavy atom. The van der Waals surface area contributed by atoms with Crippen molar-refractivity contribution in [2.24, 2.45) is 0 Å². The fourth-order valence-corrected chi connectivity index (χ4v) is 5.41. The summed E-state index contributed by atoms with van der Waals surface area (Å²) in [5.74, 6) is 1.51. The smallest absolute Gasteiger partial charge is 0.253 e. The van der Waals surface area contributed by atoms with E-state index in [0.29, 0.717) is 38.7 Å². The molecule has 9 heteroatoms. The maximum absolute atomic E-state index is 13.1. The van der Waals surface area contributed by atoms with Crippen LogP contribution in [0.25, 0.3) is 0 Å². The van der Waals surface area contributed by atoms with Crippen molar-refractivity contribution in [3.63, 3.8) is 0 Å². The summed E-state index contributed by atoms with van der Waals surface area (Å²) in [6, 6.07) is 17.8. The molecule has 0 spiro atoms. The van der Waals surface area contributed by atoms with Gasteiger partial charge in [0, 0.05) is 76.2 Å². The molecule has 0 unspecified atom stereocenters. The summed E-state index contributed by atoms with van der Waals surface area (Å²) in [4.78, 5) is 42.0. The number of aryl methyl sites for hydroxylation is 1. The second kappa shape index (κ2) is 13.0. The van der Waals surface area contributed by atoms with E-state index >= 15 is 0 Å². The average molecular weight is 545 g/mol. The summed E-state index contributed by atoms with van der Waals surface area (Å²) in [5.41, 5.74) is 3.84. The molecule has 0 saturated carbocycles. The summed E-state index contributed by atoms with van der Waals surface area (Å²) in [6.45, 7) is 8.91. The SMILES string of the molecule is CCCCc1ccc(C(=O)N2CCN(c3nc(CN4CCN(c5ccc(OC)cc5)CC4)cc(=O)[nH]3)CC2)cc1. The molecule has 5 rings (SSSR count). The molecule has 2 aliphatic heterocycles. The number of nitrogens with one attached hydrogen (secondary N) is 1. The molecule has 0 bridgehead atoms. The number of H-pyrrole nitrogens is 1. The van der Waals surface area contributed by atoms with Crippen LogP contribution in [0.15, 0.2) is 59.4 Å². The zero-order chi connectivity index (χ0) is 27.9. The van der Waals surface area contributed by atoms with E-state index in [1.165, 1.54) is 11.3 Å². The molecule has 2 aromatic carbocycles. The van der Waals surface area contributed by atoms with Crippen molar-refractivity contribution in [3.8, 4) is 5.75 Å². The van der Waals surface area contributed by atoms with E-state index in [1.807, 2.05) is 29.2 Å². The van der Waals surface area contributed by atoms with Crippen LogP contribution in [-0.4, -0.2) is 85.1 Å². The molecule has 40 heavy (non-hydrogen) atoms. The number of anilines is 2. The Kier molecular flexibility index (Phi) is 9.01. The third-order valence-corrected chi connectivity index (χ3v) is 7.86. The standard InChI is InChI=1S/C31H40N6O3/c1-3-4-5-24-6-8-25(9-7-24)30(39)36-18-20-37(21-19-36)31-32-26(22-29(38)33-31)23-34-14-16-35(17-15-34)27-10-12-28(40-2)13-11-27/h6-13,22H,3-5,14-21,23H2,1-2H3,(H,32,33,38). The Morgan fingerprint density at radius 1 is 0.900 bits per heavy atom. The molecular formula is C31H40N6O3. The summed E-state index contributed by atoms with van der Waals surface area (Å²) in [7, 11) is 1.68. The largest absolute Gasteiger partial charge is 0.497 e. The van der Waals surface area contributed by atoms with Crippen LogP contribution < -0.4 is 20.1 Å². The Balaban J connectivity index is 1.13. The van der Waals surface area contributed by atoms with Crippen molar-refractivity contribution in [1.82, 2.24) is 19.8 Å². The number of carbonyl (C=O) groups is 1. The molecule has 2 fully saturated rings. The van der Waals surface area contributed by atoms with Crippen molar-refractivity contribution in [2.45, 2.75) is 32.7 Å². The molecule has 3 aromatic rings. The van der Waals surface area contributed by atoms with Gasteiger partial charge in [-0.1, -0.05) is 25.5 Å². The fraction of sp³-hybridized carbons (Fsp3) is 0.452. The highest BCUT2D eigenvalue weighted by molar-refractivity contribution is 5.94. The monoisotopic (exact) mass is 544 g/mol. The van der Waals surface area contributed by atoms with Gasteiger partial charge in [0.1, 0.15) is 5.75 Å². The lowest BCUT2D eigenvalue weighted by Gasteiger charge is -2.36. The van der Waals surface area contributed by atoms with Crippen LogP contribution in [0.1, 0.15) is 41.4 Å². The average Bonchev–Trinajstić information content (AvgIpc) is 3.00. The van der Waals surface area contributed by atoms with Crippen molar-refractivity contribution in [1.29, 1.82) is 0 Å². The zero-order valence-corrected chi connectivity index (χ0v) is 23.6. The van der Waals surface area contributed by atoms with Crippen LogP contribution in [0.5, 0.6) is 5.75 Å². The minimum Gasteiger partial charge on any atom is -0.497 e. The number of amides is 1. The summed E-state index contributed by atoms with van der Waals surface area (Å²) in [5, 5.41) is 0. The van der Waals surface area contributed by atoms with E-state index in [1.54, 1.807) is 13.2 Å². The van der Waals surface area contributed by atoms with Gasteiger partial charge in [-0.2, -0.15) is 0 Å². The van der Waals surface area contributed by atoms with Crippen LogP contribution >= 0.6 is 0 Å². The number of ether oxygens (including phenoxy) is 1. The molecule has 1 aromatic heterocycles. The van der Waals surface area contributed by atoms with Crippen molar-refractivity contribution in [3.05, 3.63) is 81.8 Å². The number of nitrogens with zero attached hydrogens (tertiary/aromatic N) is 5. The Hall–Kier alpha value is -3.85. The highest BCUT2D eigenvalue weighted by Gasteiger charge is 2.24. The number of hydrogen-bond acceptors (Lipinski definition) is 7. The van der Waals surface area contributed by atoms with E-state index in [4.69, 9.17) is 9.72 Å². The first-order valence-corrected chi connectivity index (χ1v) is 14.4. The summed E-state index contributed by atoms with van der Waals surface area (Å²) in [6.07, 6.45) is 3.37. The van der Waals surface area contributed by atoms with Gasteiger partial charge >= 0.3 is 0 Å². The van der Waals surface area contributed by atoms with Gasteiger partial charge in [0.05, 0.1) is 12.8 Å². The van der Waals surface area contributed by atoms with Gasteiger partial charge in [-0.25, -0.2) is 4.98 Å². The molecule has 9 nitrogen and oxygen atoms in total. The Labute approximate surface area is 236 Å². The Morgan fingerprint density at radius 2 is 1.57 bits per heavy atom. The van der Waals surface area contributed by atoms with E-state index in [9.17, 15) is 9.59 Å². The minimum absolute atomic E-state index is 0.0608. The zero-order valence-electron chi connectivity index (χ0n) is 23.6. The predicted octanol–water partition coefficient (Wildman–Crippen LogP) is 3.41. The topological polar surface area (TPSA) is 85.0 Å². The third kappa shape index (κ3) is 6.83. The summed E-state index contributed by atoms with van der Waals surface area (Å²) >= 11 is 0. The maximum atomic E-state index is 13.1. The van der Waals surface area contributed by atoms with Gasteiger partial charge in [-0.3, -0.25) is 19.5 Å². The van der Waals surface area contributed by atoms with Gasteiger partial charge in [-0.15, -0.1) is 0 Å². The minimum atomic E-state index is -0.140. The van der Waals surface area contributed by atoms with Crippen LogP contribution in [0.3, 0.4) is 0 Å². The van der Waals surface area contributed by atoms with Crippen LogP contribution in [0.2, 0.25) is 0 Å². The number of rotatable bonds is 9. The lowest BCUT2D eigenvalue weighted by Crippen LogP contribution is -2.49. The molecule has 1 N–H and O–H groups in total. The second-order valence-electron chi connectivity index (χ2n) is 10.6. The summed E-state index contributed by atoms with van der Waals surface area (Å²) < 4.78 is 5.27. The molecule has 0 atom stereocenters. The first-order valence-electron chi connectivity index (χ1n) is 14.4. The lowest BCUT2D eigenvalue weighted by atomic mass is 10.1. The molecule has 3 heterocycles. The number of benzene rings is 2. The highest BCUT2D eigenvalue weighted by Crippen LogP contribution is 2.21. The molecule has 212 valence electrons. The van der Waals surface area contributed by atoms with Gasteiger partial charge < -0.3 is 19.4 Å². The number of piperazine rings is 2. The van der Waals surface area contributed by atoms with Crippen LogP contribution in [0, 0.1) is 0 Å². The molecule has 0 aliphatic carbocycles. The molecule has 1 amide bonds. The number of hydrogen-bond donors (Lipinski definition) is 1. The van der Waals surface area contributed by atoms with Gasteiger partial charge in [-0.05, 0) is 54.8 Å². The van der Waals surface area contributed by atoms with Gasteiger partial charge in [0.15, 0.2) is 0 Å². The second-order valence-corrected chi connectivity index (χ2v) is 10.6. The Bertz CT molecular complexity index is 1310. The van der Waals surface area contributed by atoms with E-state index < -0.39 is 0 Å². The molecule has 0 radical (unpaired) electrons. The quantitative estimate of drug-likeness (QED) is 0.442. The number of unbranched alkanes of at least 4 members (excludes halogenated alkanes) is 1. The number of methoxy groups -OCH3 is 1. The number of aromatic nitrogens is 2. The predicted molar refractivity (Wildman–Crippen MR) is 159 cm³/mol. The lowest BCUT2D eigenvalue weighted by molar-refractivity contribution is 0.0746. The number of aromatic amines is 1. The van der Waals surface area contributed by atoms with Crippen molar-refractivity contribution < 1.29 is 9.53 Å². The normalized spacial score (nSPS) is 16.3. The van der Waals surface area contributed by atoms with Crippen molar-refractivity contribution >= 4 is 17.5 Å². The molecular weight excluding hydrogens is 504 g/mol. The van der Waals surface area contributed by atoms with Crippen LogP contribution in [0.4, 0.5) is 11.6 Å². The maximum Gasteiger partial charge on any atom is 0.253 e.